The molecule has 1 atom stereocenters. The van der Waals surface area contributed by atoms with Crippen molar-refractivity contribution in [3.63, 3.8) is 0 Å². The zero-order valence-electron chi connectivity index (χ0n) is 10.9. The van der Waals surface area contributed by atoms with Gasteiger partial charge in [-0.3, -0.25) is 9.59 Å². The fraction of sp³-hybridized carbons (Fsp3) is 0.462. The molecule has 2 heterocycles. The second kappa shape index (κ2) is 5.69. The fourth-order valence-corrected chi connectivity index (χ4v) is 2.20. The highest BCUT2D eigenvalue weighted by Crippen LogP contribution is 2.18. The van der Waals surface area contributed by atoms with E-state index in [1.807, 2.05) is 0 Å². The predicted molar refractivity (Wildman–Crippen MR) is 72.3 cm³/mol. The van der Waals surface area contributed by atoms with Gasteiger partial charge in [-0.2, -0.15) is 0 Å². The van der Waals surface area contributed by atoms with E-state index >= 15 is 0 Å². The molecular weight excluding hydrogens is 244 g/mol. The molecule has 1 aliphatic rings. The number of hydrogen-bond acceptors (Lipinski definition) is 4. The Bertz CT molecular complexity index is 472. The van der Waals surface area contributed by atoms with Crippen molar-refractivity contribution in [1.82, 2.24) is 9.88 Å². The van der Waals surface area contributed by atoms with E-state index in [0.29, 0.717) is 18.1 Å². The van der Waals surface area contributed by atoms with Gasteiger partial charge in [-0.15, -0.1) is 0 Å². The Morgan fingerprint density at radius 3 is 2.89 bits per heavy atom. The van der Waals surface area contributed by atoms with Gasteiger partial charge in [-0.1, -0.05) is 0 Å². The number of hydrogen-bond donors (Lipinski definition) is 2. The summed E-state index contributed by atoms with van der Waals surface area (Å²) in [6, 6.07) is 3.35. The van der Waals surface area contributed by atoms with Crippen molar-refractivity contribution in [1.29, 1.82) is 0 Å². The topological polar surface area (TPSA) is 88.3 Å². The van der Waals surface area contributed by atoms with E-state index in [1.54, 1.807) is 17.0 Å². The maximum Gasteiger partial charge on any atom is 0.229 e. The van der Waals surface area contributed by atoms with E-state index in [0.717, 1.165) is 19.4 Å². The van der Waals surface area contributed by atoms with E-state index < -0.39 is 0 Å². The quantitative estimate of drug-likeness (QED) is 0.827. The van der Waals surface area contributed by atoms with E-state index in [4.69, 9.17) is 5.73 Å². The van der Waals surface area contributed by atoms with Crippen LogP contribution in [0.5, 0.6) is 0 Å². The highest BCUT2D eigenvalue weighted by Gasteiger charge is 2.26. The van der Waals surface area contributed by atoms with Crippen LogP contribution in [-0.2, 0) is 9.59 Å². The van der Waals surface area contributed by atoms with Crippen molar-refractivity contribution in [2.24, 2.45) is 5.92 Å². The Balaban J connectivity index is 1.96. The van der Waals surface area contributed by atoms with Gasteiger partial charge in [0.2, 0.25) is 11.8 Å². The summed E-state index contributed by atoms with van der Waals surface area (Å²) in [5, 5.41) is 2.80. The molecule has 0 radical (unpaired) electrons. The van der Waals surface area contributed by atoms with Crippen molar-refractivity contribution < 1.29 is 9.59 Å². The molecule has 3 N–H and O–H groups in total. The number of nitrogens with two attached hydrogens (primary N) is 1. The Morgan fingerprint density at radius 1 is 1.47 bits per heavy atom. The lowest BCUT2D eigenvalue weighted by Crippen LogP contribution is -2.42. The largest absolute Gasteiger partial charge is 0.384 e. The van der Waals surface area contributed by atoms with E-state index in [-0.39, 0.29) is 17.7 Å². The molecule has 1 aromatic heterocycles. The average Bonchev–Trinajstić information content (AvgIpc) is 2.41. The smallest absolute Gasteiger partial charge is 0.229 e. The van der Waals surface area contributed by atoms with Crippen molar-refractivity contribution in [2.45, 2.75) is 19.8 Å². The van der Waals surface area contributed by atoms with Gasteiger partial charge in [0.25, 0.3) is 0 Å². The minimum Gasteiger partial charge on any atom is -0.384 e. The highest BCUT2D eigenvalue weighted by molar-refractivity contribution is 5.93. The van der Waals surface area contributed by atoms with Gasteiger partial charge in [0.1, 0.15) is 5.82 Å². The summed E-state index contributed by atoms with van der Waals surface area (Å²) in [4.78, 5) is 29.1. The first-order valence-electron chi connectivity index (χ1n) is 6.34. The number of nitrogens with zero attached hydrogens (tertiary/aromatic N) is 2. The first-order chi connectivity index (χ1) is 9.06. The van der Waals surface area contributed by atoms with Crippen LogP contribution in [0, 0.1) is 5.92 Å². The van der Waals surface area contributed by atoms with Crippen molar-refractivity contribution in [3.05, 3.63) is 18.3 Å². The third-order valence-electron chi connectivity index (χ3n) is 3.29. The van der Waals surface area contributed by atoms with Crippen molar-refractivity contribution >= 4 is 23.3 Å². The SMILES string of the molecule is CC(=O)N1CCCC(C(=O)Nc2ccc(N)nc2)C1. The predicted octanol–water partition coefficient (Wildman–Crippen LogP) is 0.861. The molecule has 19 heavy (non-hydrogen) atoms. The number of amides is 2. The molecule has 6 heteroatoms. The number of piperidine rings is 1. The van der Waals surface area contributed by atoms with Crippen LogP contribution in [0.2, 0.25) is 0 Å². The lowest BCUT2D eigenvalue weighted by Gasteiger charge is -2.31. The number of nitrogens with one attached hydrogen (secondary N) is 1. The van der Waals surface area contributed by atoms with Gasteiger partial charge in [-0.25, -0.2) is 4.98 Å². The third kappa shape index (κ3) is 3.43. The van der Waals surface area contributed by atoms with Crippen LogP contribution in [0.25, 0.3) is 0 Å². The molecule has 0 spiro atoms. The van der Waals surface area contributed by atoms with Crippen LogP contribution in [-0.4, -0.2) is 34.8 Å². The number of carbonyl (C=O) groups is 2. The average molecular weight is 262 g/mol. The highest BCUT2D eigenvalue weighted by atomic mass is 16.2. The molecule has 1 aromatic rings. The molecular formula is C13H18N4O2. The normalized spacial score (nSPS) is 19.0. The molecule has 1 saturated heterocycles. The summed E-state index contributed by atoms with van der Waals surface area (Å²) >= 11 is 0. The summed E-state index contributed by atoms with van der Waals surface area (Å²) < 4.78 is 0. The third-order valence-corrected chi connectivity index (χ3v) is 3.29. The molecule has 6 nitrogen and oxygen atoms in total. The van der Waals surface area contributed by atoms with Crippen LogP contribution in [0.4, 0.5) is 11.5 Å². The maximum absolute atomic E-state index is 12.1. The number of anilines is 2. The number of aromatic nitrogens is 1. The van der Waals surface area contributed by atoms with Crippen LogP contribution >= 0.6 is 0 Å². The second-order valence-corrected chi connectivity index (χ2v) is 4.77. The van der Waals surface area contributed by atoms with Gasteiger partial charge in [-0.05, 0) is 25.0 Å². The Labute approximate surface area is 112 Å². The van der Waals surface area contributed by atoms with E-state index in [1.165, 1.54) is 13.1 Å². The lowest BCUT2D eigenvalue weighted by molar-refractivity contribution is -0.132. The summed E-state index contributed by atoms with van der Waals surface area (Å²) in [5.74, 6) is 0.206. The van der Waals surface area contributed by atoms with E-state index in [2.05, 4.69) is 10.3 Å². The fourth-order valence-electron chi connectivity index (χ4n) is 2.20. The molecule has 0 aromatic carbocycles. The zero-order valence-corrected chi connectivity index (χ0v) is 10.9. The van der Waals surface area contributed by atoms with Crippen molar-refractivity contribution in [3.8, 4) is 0 Å². The van der Waals surface area contributed by atoms with Gasteiger partial charge in [0.15, 0.2) is 0 Å². The monoisotopic (exact) mass is 262 g/mol. The number of rotatable bonds is 2. The number of pyridine rings is 1. The van der Waals surface area contributed by atoms with Gasteiger partial charge in [0, 0.05) is 20.0 Å². The number of nitrogen functional groups attached to an aromatic ring is 1. The van der Waals surface area contributed by atoms with Crippen LogP contribution < -0.4 is 11.1 Å². The minimum absolute atomic E-state index is 0.0200. The lowest BCUT2D eigenvalue weighted by atomic mass is 9.97. The molecule has 2 rings (SSSR count). The summed E-state index contributed by atoms with van der Waals surface area (Å²) in [5.41, 5.74) is 6.11. The maximum atomic E-state index is 12.1. The van der Waals surface area contributed by atoms with Crippen LogP contribution in [0.3, 0.4) is 0 Å². The van der Waals surface area contributed by atoms with Crippen molar-refractivity contribution in [2.75, 3.05) is 24.1 Å². The Hall–Kier alpha value is -2.11. The Morgan fingerprint density at radius 2 is 2.26 bits per heavy atom. The first-order valence-corrected chi connectivity index (χ1v) is 6.34. The Kier molecular flexibility index (Phi) is 3.99. The molecule has 1 aliphatic heterocycles. The van der Waals surface area contributed by atoms with Gasteiger partial charge in [0.05, 0.1) is 17.8 Å². The first kappa shape index (κ1) is 13.3. The van der Waals surface area contributed by atoms with Gasteiger partial charge >= 0.3 is 0 Å². The molecule has 2 amide bonds. The standard InChI is InChI=1S/C13H18N4O2/c1-9(18)17-6-2-3-10(8-17)13(19)16-11-4-5-12(14)15-7-11/h4-5,7,10H,2-3,6,8H2,1H3,(H2,14,15)(H,16,19). The molecule has 102 valence electrons. The summed E-state index contributed by atoms with van der Waals surface area (Å²) in [6.45, 7) is 2.76. The van der Waals surface area contributed by atoms with Gasteiger partial charge < -0.3 is 16.0 Å². The number of carbonyl (C=O) groups excluding carboxylic acids is 2. The molecule has 0 saturated carbocycles. The molecule has 1 fully saturated rings. The summed E-state index contributed by atoms with van der Waals surface area (Å²) in [7, 11) is 0. The minimum atomic E-state index is -0.157. The van der Waals surface area contributed by atoms with Crippen LogP contribution in [0.1, 0.15) is 19.8 Å². The molecule has 0 bridgehead atoms. The van der Waals surface area contributed by atoms with Crippen LogP contribution in [0.15, 0.2) is 18.3 Å². The number of likely N-dealkylation sites (tertiary alicyclic amines) is 1. The zero-order chi connectivity index (χ0) is 13.8. The van der Waals surface area contributed by atoms with E-state index in [9.17, 15) is 9.59 Å². The molecule has 1 unspecified atom stereocenters. The molecule has 0 aliphatic carbocycles. The summed E-state index contributed by atoms with van der Waals surface area (Å²) in [6.07, 6.45) is 3.19. The second-order valence-electron chi connectivity index (χ2n) is 4.77.